The van der Waals surface area contributed by atoms with Gasteiger partial charge in [0, 0.05) is 0 Å². The molecule has 0 aliphatic heterocycles. The monoisotopic (exact) mass is 187 g/mol. The predicted molar refractivity (Wildman–Crippen MR) is 49.2 cm³/mol. The number of rotatable bonds is 3. The molecule has 0 saturated heterocycles. The van der Waals surface area contributed by atoms with E-state index in [4.69, 9.17) is 9.05 Å². The van der Waals surface area contributed by atoms with Gasteiger partial charge in [-0.1, -0.05) is 18.2 Å². The third-order valence-electron chi connectivity index (χ3n) is 1.58. The first-order valence-corrected chi connectivity index (χ1v) is 5.09. The SMILES string of the molecule is CO[P+](O)(OC)c1ccccc1. The van der Waals surface area contributed by atoms with Crippen LogP contribution in [-0.2, 0) is 9.05 Å². The van der Waals surface area contributed by atoms with Gasteiger partial charge in [-0.2, -0.15) is 13.9 Å². The maximum atomic E-state index is 9.77. The zero-order valence-corrected chi connectivity index (χ0v) is 7.99. The standard InChI is InChI=1S/C8H12O3P/c1-10-12(9,11-2)8-6-4-3-5-7-8/h3-7,9H,1-2H3/q+1. The molecular weight excluding hydrogens is 175 g/mol. The minimum atomic E-state index is -2.78. The first-order valence-electron chi connectivity index (χ1n) is 3.52. The van der Waals surface area contributed by atoms with Crippen molar-refractivity contribution in [1.29, 1.82) is 0 Å². The number of hydrogen-bond acceptors (Lipinski definition) is 3. The van der Waals surface area contributed by atoms with E-state index in [1.54, 1.807) is 12.1 Å². The normalized spacial score (nSPS) is 11.6. The first-order chi connectivity index (χ1) is 5.73. The van der Waals surface area contributed by atoms with E-state index in [0.29, 0.717) is 5.30 Å². The minimum absolute atomic E-state index is 0.690. The van der Waals surface area contributed by atoms with Gasteiger partial charge in [-0.25, -0.2) is 0 Å². The van der Waals surface area contributed by atoms with Crippen LogP contribution in [0.1, 0.15) is 0 Å². The van der Waals surface area contributed by atoms with Crippen LogP contribution in [0.4, 0.5) is 0 Å². The van der Waals surface area contributed by atoms with Gasteiger partial charge in [0.15, 0.2) is 5.30 Å². The summed E-state index contributed by atoms with van der Waals surface area (Å²) in [6.07, 6.45) is 0. The summed E-state index contributed by atoms with van der Waals surface area (Å²) in [4.78, 5) is 9.77. The molecular formula is C8H12O3P+. The molecule has 4 heteroatoms. The Morgan fingerprint density at radius 1 is 1.08 bits per heavy atom. The van der Waals surface area contributed by atoms with E-state index in [1.807, 2.05) is 18.2 Å². The fraction of sp³-hybridized carbons (Fsp3) is 0.250. The highest BCUT2D eigenvalue weighted by Gasteiger charge is 2.40. The van der Waals surface area contributed by atoms with E-state index in [0.717, 1.165) is 0 Å². The topological polar surface area (TPSA) is 38.7 Å². The van der Waals surface area contributed by atoms with Crippen molar-refractivity contribution in [3.63, 3.8) is 0 Å². The van der Waals surface area contributed by atoms with Gasteiger partial charge >= 0.3 is 7.94 Å². The molecule has 0 radical (unpaired) electrons. The Bertz CT molecular complexity index is 233. The molecule has 0 amide bonds. The maximum Gasteiger partial charge on any atom is 0.445 e. The molecule has 0 heterocycles. The lowest BCUT2D eigenvalue weighted by Crippen LogP contribution is -2.12. The van der Waals surface area contributed by atoms with Crippen LogP contribution >= 0.6 is 7.94 Å². The second-order valence-electron chi connectivity index (χ2n) is 2.22. The van der Waals surface area contributed by atoms with Crippen molar-refractivity contribution in [2.24, 2.45) is 0 Å². The van der Waals surface area contributed by atoms with Gasteiger partial charge in [0.25, 0.3) is 0 Å². The number of benzene rings is 1. The Hall–Kier alpha value is -0.470. The smallest absolute Gasteiger partial charge is 0.188 e. The molecule has 0 aliphatic carbocycles. The summed E-state index contributed by atoms with van der Waals surface area (Å²) in [5.74, 6) is 0. The van der Waals surface area contributed by atoms with Crippen LogP contribution in [-0.4, -0.2) is 19.1 Å². The number of hydrogen-bond donors (Lipinski definition) is 1. The third kappa shape index (κ3) is 1.82. The van der Waals surface area contributed by atoms with Gasteiger partial charge in [-0.3, -0.25) is 0 Å². The molecule has 12 heavy (non-hydrogen) atoms. The predicted octanol–water partition coefficient (Wildman–Crippen LogP) is 1.36. The Balaban J connectivity index is 2.95. The zero-order chi connectivity index (χ0) is 9.03. The molecule has 0 saturated carbocycles. The molecule has 0 aliphatic rings. The Kier molecular flexibility index (Phi) is 3.18. The molecule has 0 fully saturated rings. The van der Waals surface area contributed by atoms with Crippen molar-refractivity contribution >= 4 is 13.2 Å². The average Bonchev–Trinajstić information content (AvgIpc) is 2.18. The second kappa shape index (κ2) is 3.97. The van der Waals surface area contributed by atoms with Gasteiger partial charge in [-0.15, -0.1) is 0 Å². The van der Waals surface area contributed by atoms with E-state index in [2.05, 4.69) is 0 Å². The van der Waals surface area contributed by atoms with Crippen LogP contribution in [0.3, 0.4) is 0 Å². The van der Waals surface area contributed by atoms with Crippen molar-refractivity contribution < 1.29 is 13.9 Å². The van der Waals surface area contributed by atoms with Crippen LogP contribution in [0.5, 0.6) is 0 Å². The summed E-state index contributed by atoms with van der Waals surface area (Å²) in [6.45, 7) is 0. The summed E-state index contributed by atoms with van der Waals surface area (Å²) >= 11 is 0. The fourth-order valence-electron chi connectivity index (χ4n) is 0.902. The molecule has 1 aromatic rings. The van der Waals surface area contributed by atoms with E-state index in [1.165, 1.54) is 14.2 Å². The molecule has 1 aromatic carbocycles. The van der Waals surface area contributed by atoms with E-state index in [9.17, 15) is 4.89 Å². The van der Waals surface area contributed by atoms with E-state index < -0.39 is 7.94 Å². The lowest BCUT2D eigenvalue weighted by Gasteiger charge is -2.11. The second-order valence-corrected chi connectivity index (χ2v) is 4.51. The van der Waals surface area contributed by atoms with Crippen molar-refractivity contribution in [1.82, 2.24) is 0 Å². The van der Waals surface area contributed by atoms with Gasteiger partial charge in [-0.05, 0) is 12.1 Å². The lowest BCUT2D eigenvalue weighted by molar-refractivity contribution is 0.253. The van der Waals surface area contributed by atoms with Gasteiger partial charge < -0.3 is 0 Å². The largest absolute Gasteiger partial charge is 0.445 e. The van der Waals surface area contributed by atoms with Crippen LogP contribution in [0, 0.1) is 0 Å². The quantitative estimate of drug-likeness (QED) is 0.726. The fourth-order valence-corrected chi connectivity index (χ4v) is 2.02. The van der Waals surface area contributed by atoms with E-state index in [-0.39, 0.29) is 0 Å². The van der Waals surface area contributed by atoms with Crippen molar-refractivity contribution in [2.45, 2.75) is 0 Å². The van der Waals surface area contributed by atoms with Gasteiger partial charge in [0.05, 0.1) is 14.2 Å². The summed E-state index contributed by atoms with van der Waals surface area (Å²) < 4.78 is 9.83. The molecule has 0 bridgehead atoms. The van der Waals surface area contributed by atoms with Crippen molar-refractivity contribution in [3.05, 3.63) is 30.3 Å². The highest BCUT2D eigenvalue weighted by molar-refractivity contribution is 7.68. The van der Waals surface area contributed by atoms with Crippen LogP contribution in [0.15, 0.2) is 30.3 Å². The maximum absolute atomic E-state index is 9.77. The Morgan fingerprint density at radius 3 is 2.00 bits per heavy atom. The van der Waals surface area contributed by atoms with Crippen LogP contribution in [0.2, 0.25) is 0 Å². The summed E-state index contributed by atoms with van der Waals surface area (Å²) in [5, 5.41) is 0.690. The molecule has 0 aromatic heterocycles. The van der Waals surface area contributed by atoms with Crippen LogP contribution in [0.25, 0.3) is 0 Å². The molecule has 1 rings (SSSR count). The molecule has 0 atom stereocenters. The molecule has 66 valence electrons. The van der Waals surface area contributed by atoms with Gasteiger partial charge in [0.2, 0.25) is 0 Å². The van der Waals surface area contributed by atoms with E-state index >= 15 is 0 Å². The highest BCUT2D eigenvalue weighted by Crippen LogP contribution is 2.53. The van der Waals surface area contributed by atoms with Crippen molar-refractivity contribution in [3.8, 4) is 0 Å². The Labute approximate surface area is 72.5 Å². The summed E-state index contributed by atoms with van der Waals surface area (Å²) in [5.41, 5.74) is 0. The molecule has 1 N–H and O–H groups in total. The van der Waals surface area contributed by atoms with Crippen LogP contribution < -0.4 is 5.30 Å². The average molecular weight is 187 g/mol. The van der Waals surface area contributed by atoms with Crippen molar-refractivity contribution in [2.75, 3.05) is 14.2 Å². The highest BCUT2D eigenvalue weighted by atomic mass is 31.2. The third-order valence-corrected chi connectivity index (χ3v) is 3.52. The molecule has 0 spiro atoms. The Morgan fingerprint density at radius 2 is 1.58 bits per heavy atom. The lowest BCUT2D eigenvalue weighted by atomic mass is 10.4. The summed E-state index contributed by atoms with van der Waals surface area (Å²) in [7, 11) is 0.0861. The summed E-state index contributed by atoms with van der Waals surface area (Å²) in [6, 6.07) is 9.09. The molecule has 3 nitrogen and oxygen atoms in total. The first kappa shape index (κ1) is 9.62. The molecule has 0 unspecified atom stereocenters. The van der Waals surface area contributed by atoms with Gasteiger partial charge in [0.1, 0.15) is 0 Å². The zero-order valence-electron chi connectivity index (χ0n) is 7.10. The minimum Gasteiger partial charge on any atom is -0.188 e.